The van der Waals surface area contributed by atoms with Crippen molar-refractivity contribution in [2.75, 3.05) is 20.3 Å². The molecular weight excluding hydrogens is 306 g/mol. The highest BCUT2D eigenvalue weighted by molar-refractivity contribution is 5.94. The fraction of sp³-hybridized carbons (Fsp3) is 0.444. The Kier molecular flexibility index (Phi) is 5.84. The number of rotatable bonds is 7. The maximum absolute atomic E-state index is 12.7. The van der Waals surface area contributed by atoms with Gasteiger partial charge in [-0.25, -0.2) is 0 Å². The third-order valence-corrected chi connectivity index (χ3v) is 3.88. The summed E-state index contributed by atoms with van der Waals surface area (Å²) in [7, 11) is 3.67. The largest absolute Gasteiger partial charge is 0.490 e. The molecule has 0 aliphatic heterocycles. The molecule has 0 atom stereocenters. The van der Waals surface area contributed by atoms with Crippen LogP contribution in [0, 0.1) is 6.92 Å². The zero-order valence-corrected chi connectivity index (χ0v) is 15.0. The van der Waals surface area contributed by atoms with E-state index >= 15 is 0 Å². The first-order valence-corrected chi connectivity index (χ1v) is 8.10. The summed E-state index contributed by atoms with van der Waals surface area (Å²) in [6, 6.07) is 5.29. The van der Waals surface area contributed by atoms with Gasteiger partial charge in [0.2, 0.25) is 0 Å². The van der Waals surface area contributed by atoms with Gasteiger partial charge < -0.3 is 14.4 Å². The third kappa shape index (κ3) is 3.88. The lowest BCUT2D eigenvalue weighted by Gasteiger charge is -2.18. The Morgan fingerprint density at radius 1 is 1.21 bits per heavy atom. The molecule has 1 amide bonds. The topological polar surface area (TPSA) is 56.6 Å². The van der Waals surface area contributed by atoms with Crippen LogP contribution in [0.4, 0.5) is 0 Å². The molecule has 6 nitrogen and oxygen atoms in total. The second kappa shape index (κ2) is 7.86. The minimum Gasteiger partial charge on any atom is -0.490 e. The molecule has 0 unspecified atom stereocenters. The minimum atomic E-state index is -0.0674. The van der Waals surface area contributed by atoms with Gasteiger partial charge in [-0.2, -0.15) is 5.10 Å². The van der Waals surface area contributed by atoms with E-state index in [9.17, 15) is 4.79 Å². The Bertz CT molecular complexity index is 710. The number of benzene rings is 1. The van der Waals surface area contributed by atoms with Crippen molar-refractivity contribution in [3.8, 4) is 11.5 Å². The van der Waals surface area contributed by atoms with E-state index in [0.29, 0.717) is 36.8 Å². The van der Waals surface area contributed by atoms with Gasteiger partial charge in [-0.05, 0) is 39.0 Å². The molecule has 0 bridgehead atoms. The Hall–Kier alpha value is -2.50. The SMILES string of the molecule is CCOc1ccc(C(=O)N(C)Cc2cnn(C)c2C)cc1OCC. The zero-order valence-electron chi connectivity index (χ0n) is 15.0. The molecule has 0 spiro atoms. The van der Waals surface area contributed by atoms with Crippen LogP contribution in [0.3, 0.4) is 0 Å². The predicted molar refractivity (Wildman–Crippen MR) is 92.5 cm³/mol. The molecule has 0 aliphatic rings. The molecule has 0 saturated carbocycles. The van der Waals surface area contributed by atoms with E-state index in [0.717, 1.165) is 11.3 Å². The van der Waals surface area contributed by atoms with Crippen LogP contribution >= 0.6 is 0 Å². The molecule has 0 N–H and O–H groups in total. The van der Waals surface area contributed by atoms with Crippen LogP contribution in [0.1, 0.15) is 35.5 Å². The molecule has 0 saturated heterocycles. The number of aromatic nitrogens is 2. The standard InChI is InChI=1S/C18H25N3O3/c1-6-23-16-9-8-14(10-17(16)24-7-2)18(22)20(4)12-15-11-19-21(5)13(15)3/h8-11H,6-7,12H2,1-5H3. The average molecular weight is 331 g/mol. The van der Waals surface area contributed by atoms with Crippen molar-refractivity contribution in [1.82, 2.24) is 14.7 Å². The lowest BCUT2D eigenvalue weighted by atomic mass is 10.1. The van der Waals surface area contributed by atoms with Crippen molar-refractivity contribution < 1.29 is 14.3 Å². The van der Waals surface area contributed by atoms with E-state index < -0.39 is 0 Å². The number of aryl methyl sites for hydroxylation is 1. The Labute approximate surface area is 143 Å². The van der Waals surface area contributed by atoms with E-state index in [1.54, 1.807) is 41.0 Å². The van der Waals surface area contributed by atoms with Gasteiger partial charge in [-0.1, -0.05) is 0 Å². The molecule has 0 aliphatic carbocycles. The van der Waals surface area contributed by atoms with Gasteiger partial charge in [0.05, 0.1) is 19.4 Å². The lowest BCUT2D eigenvalue weighted by molar-refractivity contribution is 0.0784. The third-order valence-electron chi connectivity index (χ3n) is 3.88. The van der Waals surface area contributed by atoms with E-state index in [4.69, 9.17) is 9.47 Å². The van der Waals surface area contributed by atoms with Crippen molar-refractivity contribution >= 4 is 5.91 Å². The average Bonchev–Trinajstić information content (AvgIpc) is 2.88. The van der Waals surface area contributed by atoms with Gasteiger partial charge in [0.25, 0.3) is 5.91 Å². The summed E-state index contributed by atoms with van der Waals surface area (Å²) >= 11 is 0. The first-order chi connectivity index (χ1) is 11.5. The summed E-state index contributed by atoms with van der Waals surface area (Å²) in [4.78, 5) is 14.4. The highest BCUT2D eigenvalue weighted by Gasteiger charge is 2.17. The summed E-state index contributed by atoms with van der Waals surface area (Å²) < 4.78 is 12.9. The zero-order chi connectivity index (χ0) is 17.7. The summed E-state index contributed by atoms with van der Waals surface area (Å²) in [6.07, 6.45) is 1.79. The fourth-order valence-corrected chi connectivity index (χ4v) is 2.43. The summed E-state index contributed by atoms with van der Waals surface area (Å²) in [5, 5.41) is 4.21. The number of hydrogen-bond acceptors (Lipinski definition) is 4. The molecule has 0 radical (unpaired) electrons. The van der Waals surface area contributed by atoms with Crippen LogP contribution in [0.5, 0.6) is 11.5 Å². The molecule has 6 heteroatoms. The van der Waals surface area contributed by atoms with Crippen LogP contribution in [-0.2, 0) is 13.6 Å². The molecule has 1 heterocycles. The highest BCUT2D eigenvalue weighted by atomic mass is 16.5. The van der Waals surface area contributed by atoms with E-state index in [1.807, 2.05) is 27.8 Å². The second-order valence-corrected chi connectivity index (χ2v) is 5.57. The number of ether oxygens (including phenoxy) is 2. The van der Waals surface area contributed by atoms with Crippen molar-refractivity contribution in [3.05, 3.63) is 41.2 Å². The van der Waals surface area contributed by atoms with Crippen molar-refractivity contribution in [2.24, 2.45) is 7.05 Å². The van der Waals surface area contributed by atoms with Gasteiger partial charge in [0.15, 0.2) is 11.5 Å². The molecule has 1 aromatic carbocycles. The lowest BCUT2D eigenvalue weighted by Crippen LogP contribution is -2.26. The molecule has 2 rings (SSSR count). The molecule has 1 aromatic heterocycles. The van der Waals surface area contributed by atoms with Crippen LogP contribution in [0.25, 0.3) is 0 Å². The van der Waals surface area contributed by atoms with Crippen LogP contribution in [0.2, 0.25) is 0 Å². The number of amides is 1. The van der Waals surface area contributed by atoms with E-state index in [1.165, 1.54) is 0 Å². The van der Waals surface area contributed by atoms with E-state index in [2.05, 4.69) is 5.10 Å². The first kappa shape index (κ1) is 17.8. The van der Waals surface area contributed by atoms with Crippen molar-refractivity contribution in [1.29, 1.82) is 0 Å². The number of nitrogens with zero attached hydrogens (tertiary/aromatic N) is 3. The first-order valence-electron chi connectivity index (χ1n) is 8.10. The Balaban J connectivity index is 2.18. The Morgan fingerprint density at radius 2 is 1.88 bits per heavy atom. The number of carbonyl (C=O) groups excluding carboxylic acids is 1. The maximum atomic E-state index is 12.7. The number of carbonyl (C=O) groups is 1. The summed E-state index contributed by atoms with van der Waals surface area (Å²) in [5.74, 6) is 1.18. The van der Waals surface area contributed by atoms with Gasteiger partial charge in [0, 0.05) is 37.5 Å². The van der Waals surface area contributed by atoms with Gasteiger partial charge in [0.1, 0.15) is 0 Å². The molecule has 130 valence electrons. The summed E-state index contributed by atoms with van der Waals surface area (Å²) in [5.41, 5.74) is 2.66. The monoisotopic (exact) mass is 331 g/mol. The van der Waals surface area contributed by atoms with Gasteiger partial charge in [-0.15, -0.1) is 0 Å². The minimum absolute atomic E-state index is 0.0674. The van der Waals surface area contributed by atoms with Crippen LogP contribution < -0.4 is 9.47 Å². The quantitative estimate of drug-likeness (QED) is 0.783. The second-order valence-electron chi connectivity index (χ2n) is 5.57. The maximum Gasteiger partial charge on any atom is 0.254 e. The molecule has 24 heavy (non-hydrogen) atoms. The van der Waals surface area contributed by atoms with E-state index in [-0.39, 0.29) is 5.91 Å². The van der Waals surface area contributed by atoms with Crippen LogP contribution in [-0.4, -0.2) is 40.8 Å². The van der Waals surface area contributed by atoms with Crippen LogP contribution in [0.15, 0.2) is 24.4 Å². The Morgan fingerprint density at radius 3 is 2.46 bits per heavy atom. The normalized spacial score (nSPS) is 10.5. The molecular formula is C18H25N3O3. The number of hydrogen-bond donors (Lipinski definition) is 0. The van der Waals surface area contributed by atoms with Crippen molar-refractivity contribution in [3.63, 3.8) is 0 Å². The highest BCUT2D eigenvalue weighted by Crippen LogP contribution is 2.29. The van der Waals surface area contributed by atoms with Gasteiger partial charge >= 0.3 is 0 Å². The smallest absolute Gasteiger partial charge is 0.254 e. The summed E-state index contributed by atoms with van der Waals surface area (Å²) in [6.45, 7) is 7.39. The predicted octanol–water partition coefficient (Wildman–Crippen LogP) is 2.80. The van der Waals surface area contributed by atoms with Crippen molar-refractivity contribution in [2.45, 2.75) is 27.3 Å². The molecule has 2 aromatic rings. The fourth-order valence-electron chi connectivity index (χ4n) is 2.43. The molecule has 0 fully saturated rings. The van der Waals surface area contributed by atoms with Gasteiger partial charge in [-0.3, -0.25) is 9.48 Å².